The minimum absolute atomic E-state index is 0.0163. The van der Waals surface area contributed by atoms with Gasteiger partial charge in [-0.15, -0.1) is 0 Å². The third kappa shape index (κ3) is 11.2. The highest BCUT2D eigenvalue weighted by atomic mass is 16.5. The van der Waals surface area contributed by atoms with Gasteiger partial charge < -0.3 is 41.3 Å². The van der Waals surface area contributed by atoms with E-state index in [-0.39, 0.29) is 25.6 Å². The Kier molecular flexibility index (Phi) is 14.3. The number of amides is 2. The van der Waals surface area contributed by atoms with Crippen LogP contribution in [-0.4, -0.2) is 99.6 Å². The number of nitrogens with one attached hydrogen (secondary N) is 1. The molecule has 0 fully saturated rings. The molecule has 0 heterocycles. The smallest absolute Gasteiger partial charge is 0.404 e. The summed E-state index contributed by atoms with van der Waals surface area (Å²) in [7, 11) is 0. The second-order valence-electron chi connectivity index (χ2n) is 8.22. The van der Waals surface area contributed by atoms with Crippen molar-refractivity contribution < 1.29 is 39.9 Å². The summed E-state index contributed by atoms with van der Waals surface area (Å²) < 4.78 is 4.70. The van der Waals surface area contributed by atoms with Gasteiger partial charge in [0, 0.05) is 25.2 Å². The van der Waals surface area contributed by atoms with Gasteiger partial charge in [-0.1, -0.05) is 38.3 Å². The molecule has 0 bridgehead atoms. The van der Waals surface area contributed by atoms with Crippen molar-refractivity contribution in [2.24, 2.45) is 5.73 Å². The van der Waals surface area contributed by atoms with Crippen LogP contribution >= 0.6 is 0 Å². The largest absolute Gasteiger partial charge is 0.445 e. The maximum Gasteiger partial charge on any atom is 0.404 e. The summed E-state index contributed by atoms with van der Waals surface area (Å²) in [6.07, 6.45) is -3.11. The van der Waals surface area contributed by atoms with Gasteiger partial charge in [-0.3, -0.25) is 9.69 Å². The predicted molar refractivity (Wildman–Crippen MR) is 125 cm³/mol. The van der Waals surface area contributed by atoms with E-state index < -0.39 is 37.1 Å². The molecule has 1 aromatic carbocycles. The lowest BCUT2D eigenvalue weighted by Gasteiger charge is -2.30. The van der Waals surface area contributed by atoms with E-state index in [9.17, 15) is 30.0 Å². The van der Waals surface area contributed by atoms with Crippen molar-refractivity contribution in [1.29, 1.82) is 0 Å². The zero-order valence-corrected chi connectivity index (χ0v) is 19.7. The Morgan fingerprint density at radius 1 is 1.00 bits per heavy atom. The zero-order chi connectivity index (χ0) is 25.5. The monoisotopic (exact) mass is 485 g/mol. The molecular formula is C23H39N3O8. The summed E-state index contributed by atoms with van der Waals surface area (Å²) >= 11 is 0. The van der Waals surface area contributed by atoms with E-state index in [2.05, 4.69) is 12.2 Å². The summed E-state index contributed by atoms with van der Waals surface area (Å²) in [4.78, 5) is 25.0. The minimum Gasteiger partial charge on any atom is -0.445 e. The lowest BCUT2D eigenvalue weighted by Crippen LogP contribution is -2.50. The number of hydrogen-bond donors (Lipinski definition) is 7. The summed E-state index contributed by atoms with van der Waals surface area (Å²) in [6, 6.07) is 6.51. The van der Waals surface area contributed by atoms with Crippen LogP contribution in [0.2, 0.25) is 0 Å². The fourth-order valence-corrected chi connectivity index (χ4v) is 3.33. The van der Waals surface area contributed by atoms with Crippen LogP contribution in [0.4, 0.5) is 4.79 Å². The van der Waals surface area contributed by atoms with Gasteiger partial charge in [-0.2, -0.15) is 0 Å². The molecule has 0 saturated heterocycles. The maximum atomic E-state index is 12.4. The molecule has 0 saturated carbocycles. The zero-order valence-electron chi connectivity index (χ0n) is 19.7. The van der Waals surface area contributed by atoms with Crippen LogP contribution in [0.5, 0.6) is 0 Å². The molecule has 0 radical (unpaired) electrons. The van der Waals surface area contributed by atoms with E-state index in [0.717, 1.165) is 25.7 Å². The number of carbonyl (C=O) groups is 2. The van der Waals surface area contributed by atoms with Crippen molar-refractivity contribution in [2.75, 3.05) is 32.8 Å². The summed E-state index contributed by atoms with van der Waals surface area (Å²) in [5.41, 5.74) is 6.05. The van der Waals surface area contributed by atoms with E-state index in [4.69, 9.17) is 15.6 Å². The first kappa shape index (κ1) is 29.8. The van der Waals surface area contributed by atoms with Crippen LogP contribution in [0.1, 0.15) is 48.5 Å². The number of aliphatic hydroxyl groups excluding tert-OH is 5. The highest BCUT2D eigenvalue weighted by Crippen LogP contribution is 2.09. The Balaban J connectivity index is 2.60. The Hall–Kier alpha value is -2.28. The first-order valence-electron chi connectivity index (χ1n) is 11.5. The van der Waals surface area contributed by atoms with Crippen LogP contribution < -0.4 is 11.1 Å². The molecule has 1 rings (SSSR count). The average Bonchev–Trinajstić information content (AvgIpc) is 2.83. The van der Waals surface area contributed by atoms with Crippen molar-refractivity contribution in [1.82, 2.24) is 10.2 Å². The average molecular weight is 486 g/mol. The minimum atomic E-state index is -1.68. The van der Waals surface area contributed by atoms with E-state index >= 15 is 0 Å². The van der Waals surface area contributed by atoms with Crippen molar-refractivity contribution >= 4 is 12.0 Å². The van der Waals surface area contributed by atoms with Gasteiger partial charge in [0.2, 0.25) is 0 Å². The van der Waals surface area contributed by atoms with Crippen molar-refractivity contribution in [3.8, 4) is 0 Å². The fraction of sp³-hybridized carbons (Fsp3) is 0.652. The first-order valence-corrected chi connectivity index (χ1v) is 11.5. The van der Waals surface area contributed by atoms with Crippen molar-refractivity contribution in [3.63, 3.8) is 0 Å². The van der Waals surface area contributed by atoms with Gasteiger partial charge in [0.15, 0.2) is 0 Å². The molecule has 1 aromatic rings. The molecule has 34 heavy (non-hydrogen) atoms. The lowest BCUT2D eigenvalue weighted by atomic mass is 10.0. The van der Waals surface area contributed by atoms with E-state index in [0.29, 0.717) is 24.2 Å². The van der Waals surface area contributed by atoms with Gasteiger partial charge in [-0.05, 0) is 30.7 Å². The second-order valence-corrected chi connectivity index (χ2v) is 8.22. The molecule has 194 valence electrons. The highest BCUT2D eigenvalue weighted by molar-refractivity contribution is 5.94. The summed E-state index contributed by atoms with van der Waals surface area (Å²) in [5, 5.41) is 51.5. The number of nitrogens with two attached hydrogens (primary N) is 1. The topological polar surface area (TPSA) is 186 Å². The van der Waals surface area contributed by atoms with E-state index in [1.807, 2.05) is 4.90 Å². The molecule has 8 N–H and O–H groups in total. The number of aliphatic hydroxyl groups is 5. The molecule has 4 atom stereocenters. The Bertz CT molecular complexity index is 719. The van der Waals surface area contributed by atoms with Crippen LogP contribution in [0.3, 0.4) is 0 Å². The third-order valence-electron chi connectivity index (χ3n) is 5.41. The van der Waals surface area contributed by atoms with Crippen LogP contribution in [0, 0.1) is 0 Å². The quantitative estimate of drug-likeness (QED) is 0.141. The molecule has 0 spiro atoms. The number of rotatable bonds is 17. The first-order chi connectivity index (χ1) is 16.2. The second kappa shape index (κ2) is 16.4. The van der Waals surface area contributed by atoms with Gasteiger partial charge >= 0.3 is 6.09 Å². The van der Waals surface area contributed by atoms with E-state index in [1.54, 1.807) is 24.3 Å². The number of carbonyl (C=O) groups excluding carboxylic acids is 2. The molecular weight excluding hydrogens is 446 g/mol. The Labute approximate surface area is 200 Å². The summed E-state index contributed by atoms with van der Waals surface area (Å²) in [6.45, 7) is 2.69. The van der Waals surface area contributed by atoms with Crippen LogP contribution in [0.15, 0.2) is 24.3 Å². The van der Waals surface area contributed by atoms with Crippen molar-refractivity contribution in [2.45, 2.75) is 63.6 Å². The molecule has 0 aliphatic carbocycles. The number of benzene rings is 1. The molecule has 0 aromatic heterocycles. The molecule has 11 nitrogen and oxygen atoms in total. The normalized spacial score (nSPS) is 14.9. The fourth-order valence-electron chi connectivity index (χ4n) is 3.33. The number of hydrogen-bond acceptors (Lipinski definition) is 9. The Morgan fingerprint density at radius 2 is 1.65 bits per heavy atom. The molecule has 2 amide bonds. The molecule has 0 aliphatic heterocycles. The van der Waals surface area contributed by atoms with Crippen LogP contribution in [0.25, 0.3) is 0 Å². The Morgan fingerprint density at radius 3 is 2.24 bits per heavy atom. The maximum absolute atomic E-state index is 12.4. The van der Waals surface area contributed by atoms with Gasteiger partial charge in [0.05, 0.1) is 12.7 Å². The summed E-state index contributed by atoms with van der Waals surface area (Å²) in [5.74, 6) is -0.296. The predicted octanol–water partition coefficient (Wildman–Crippen LogP) is -0.670. The standard InChI is InChI=1S/C23H39N3O8/c1-2-3-4-5-11-26(13-18(28)20(30)21(31)19(29)14-27)12-10-25-22(32)17-8-6-16(7-9-17)15-34-23(24)33/h6-9,18-21,27-31H,2-5,10-15H2,1H3,(H2,24,33)(H,25,32). The molecule has 11 heteroatoms. The molecule has 4 unspecified atom stereocenters. The van der Waals surface area contributed by atoms with Crippen molar-refractivity contribution in [3.05, 3.63) is 35.4 Å². The number of primary amides is 1. The molecule has 0 aliphatic rings. The van der Waals surface area contributed by atoms with Gasteiger partial charge in [-0.25, -0.2) is 4.79 Å². The van der Waals surface area contributed by atoms with E-state index in [1.165, 1.54) is 0 Å². The van der Waals surface area contributed by atoms with Crippen LogP contribution in [-0.2, 0) is 11.3 Å². The lowest BCUT2D eigenvalue weighted by molar-refractivity contribution is -0.119. The highest BCUT2D eigenvalue weighted by Gasteiger charge is 2.31. The number of ether oxygens (including phenoxy) is 1. The third-order valence-corrected chi connectivity index (χ3v) is 5.41. The van der Waals surface area contributed by atoms with Gasteiger partial charge in [0.1, 0.15) is 24.9 Å². The number of unbranched alkanes of at least 4 members (excludes halogenated alkanes) is 3. The number of nitrogens with zero attached hydrogens (tertiary/aromatic N) is 1. The SMILES string of the molecule is CCCCCCN(CCNC(=O)c1ccc(COC(N)=O)cc1)CC(O)C(O)C(O)C(O)CO. The van der Waals surface area contributed by atoms with Gasteiger partial charge in [0.25, 0.3) is 5.91 Å².